The third kappa shape index (κ3) is 4.11. The molecule has 1 amide bonds. The van der Waals surface area contributed by atoms with Gasteiger partial charge in [-0.05, 0) is 31.9 Å². The second kappa shape index (κ2) is 7.30. The van der Waals surface area contributed by atoms with E-state index in [2.05, 4.69) is 34.6 Å². The molecule has 0 saturated carbocycles. The summed E-state index contributed by atoms with van der Waals surface area (Å²) in [6.45, 7) is 5.70. The monoisotopic (exact) mass is 351 g/mol. The Morgan fingerprint density at radius 1 is 1.08 bits per heavy atom. The summed E-state index contributed by atoms with van der Waals surface area (Å²) >= 11 is 0. The van der Waals surface area contributed by atoms with E-state index in [0.29, 0.717) is 0 Å². The fourth-order valence-electron chi connectivity index (χ4n) is 3.08. The molecule has 3 rings (SSSR count). The van der Waals surface area contributed by atoms with Crippen LogP contribution in [0.5, 0.6) is 0 Å². The number of hydrogen-bond donors (Lipinski definition) is 1. The summed E-state index contributed by atoms with van der Waals surface area (Å²) in [7, 11) is 1.82. The highest BCUT2D eigenvalue weighted by molar-refractivity contribution is 5.99. The zero-order valence-electron chi connectivity index (χ0n) is 15.7. The van der Waals surface area contributed by atoms with Gasteiger partial charge in [0.05, 0.1) is 6.42 Å². The molecule has 2 aromatic carbocycles. The van der Waals surface area contributed by atoms with Crippen molar-refractivity contribution in [1.82, 2.24) is 10.4 Å². The Kier molecular flexibility index (Phi) is 5.09. The molecule has 5 heteroatoms. The van der Waals surface area contributed by atoms with Crippen molar-refractivity contribution in [2.24, 2.45) is 4.99 Å². The highest BCUT2D eigenvalue weighted by atomic mass is 16.7. The summed E-state index contributed by atoms with van der Waals surface area (Å²) in [5.74, 6) is 0.657. The summed E-state index contributed by atoms with van der Waals surface area (Å²) in [6, 6.07) is 18.5. The first-order chi connectivity index (χ1) is 12.4. The van der Waals surface area contributed by atoms with Crippen molar-refractivity contribution in [3.05, 3.63) is 60.2 Å². The molecule has 0 radical (unpaired) electrons. The Morgan fingerprint density at radius 2 is 1.65 bits per heavy atom. The summed E-state index contributed by atoms with van der Waals surface area (Å²) < 4.78 is 0. The molecule has 1 unspecified atom stereocenters. The zero-order chi connectivity index (χ0) is 18.7. The number of hydroxylamine groups is 2. The van der Waals surface area contributed by atoms with E-state index in [1.807, 2.05) is 58.2 Å². The van der Waals surface area contributed by atoms with Gasteiger partial charge in [0.2, 0.25) is 5.91 Å². The number of aliphatic imine (C=N–C) groups is 1. The van der Waals surface area contributed by atoms with E-state index in [0.717, 1.165) is 17.0 Å². The van der Waals surface area contributed by atoms with E-state index >= 15 is 0 Å². The molecule has 1 aliphatic heterocycles. The fourth-order valence-corrected chi connectivity index (χ4v) is 3.08. The van der Waals surface area contributed by atoms with Crippen molar-refractivity contribution >= 4 is 11.7 Å². The van der Waals surface area contributed by atoms with Crippen LogP contribution >= 0.6 is 0 Å². The standard InChI is InChI=1S/C21H25N3O2/c1-15(2)22-19(25)14-21(3)23-20(24(4)26-21)18-12-10-17(11-13-18)16-8-6-5-7-9-16/h5-13,15H,14H2,1-4H3,(H,22,25). The fraction of sp³-hybridized carbons (Fsp3) is 0.333. The maximum atomic E-state index is 12.1. The van der Waals surface area contributed by atoms with Crippen molar-refractivity contribution in [2.75, 3.05) is 7.05 Å². The molecule has 2 aromatic rings. The van der Waals surface area contributed by atoms with Crippen LogP contribution < -0.4 is 5.32 Å². The van der Waals surface area contributed by atoms with Crippen LogP contribution in [0.2, 0.25) is 0 Å². The first-order valence-corrected chi connectivity index (χ1v) is 8.84. The topological polar surface area (TPSA) is 53.9 Å². The highest BCUT2D eigenvalue weighted by Gasteiger charge is 2.37. The minimum Gasteiger partial charge on any atom is -0.354 e. The van der Waals surface area contributed by atoms with Crippen LogP contribution in [0.4, 0.5) is 0 Å². The summed E-state index contributed by atoms with van der Waals surface area (Å²) in [4.78, 5) is 22.6. The Bertz CT molecular complexity index is 800. The number of amidine groups is 1. The molecule has 0 fully saturated rings. The van der Waals surface area contributed by atoms with E-state index < -0.39 is 5.72 Å². The van der Waals surface area contributed by atoms with Crippen molar-refractivity contribution < 1.29 is 9.63 Å². The van der Waals surface area contributed by atoms with E-state index in [9.17, 15) is 4.79 Å². The third-order valence-electron chi connectivity index (χ3n) is 4.16. The highest BCUT2D eigenvalue weighted by Crippen LogP contribution is 2.28. The number of carbonyl (C=O) groups excluding carboxylic acids is 1. The molecule has 26 heavy (non-hydrogen) atoms. The van der Waals surface area contributed by atoms with Crippen LogP contribution in [0.15, 0.2) is 59.6 Å². The van der Waals surface area contributed by atoms with Crippen molar-refractivity contribution in [3.8, 4) is 11.1 Å². The summed E-state index contributed by atoms with van der Waals surface area (Å²) in [5.41, 5.74) is 2.39. The molecular weight excluding hydrogens is 326 g/mol. The van der Waals surface area contributed by atoms with Crippen LogP contribution in [0.3, 0.4) is 0 Å². The van der Waals surface area contributed by atoms with Gasteiger partial charge >= 0.3 is 0 Å². The van der Waals surface area contributed by atoms with Gasteiger partial charge < -0.3 is 5.32 Å². The van der Waals surface area contributed by atoms with Gasteiger partial charge in [-0.1, -0.05) is 54.6 Å². The molecule has 0 bridgehead atoms. The van der Waals surface area contributed by atoms with Crippen LogP contribution in [-0.4, -0.2) is 35.6 Å². The average molecular weight is 351 g/mol. The number of carbonyl (C=O) groups is 1. The zero-order valence-corrected chi connectivity index (χ0v) is 15.7. The van der Waals surface area contributed by atoms with Crippen molar-refractivity contribution in [3.63, 3.8) is 0 Å². The lowest BCUT2D eigenvalue weighted by Crippen LogP contribution is -2.38. The summed E-state index contributed by atoms with van der Waals surface area (Å²) in [5, 5.41) is 4.52. The van der Waals surface area contributed by atoms with Crippen molar-refractivity contribution in [2.45, 2.75) is 39.0 Å². The Labute approximate surface area is 154 Å². The molecule has 1 N–H and O–H groups in total. The first-order valence-electron chi connectivity index (χ1n) is 8.84. The lowest BCUT2D eigenvalue weighted by molar-refractivity contribution is -0.166. The van der Waals surface area contributed by atoms with Gasteiger partial charge in [0.15, 0.2) is 11.6 Å². The van der Waals surface area contributed by atoms with Crippen LogP contribution in [-0.2, 0) is 9.63 Å². The average Bonchev–Trinajstić information content (AvgIpc) is 2.89. The number of amides is 1. The molecule has 0 aliphatic carbocycles. The van der Waals surface area contributed by atoms with Gasteiger partial charge in [-0.3, -0.25) is 4.79 Å². The van der Waals surface area contributed by atoms with Gasteiger partial charge in [-0.25, -0.2) is 14.9 Å². The molecule has 136 valence electrons. The smallest absolute Gasteiger partial charge is 0.225 e. The number of nitrogens with zero attached hydrogens (tertiary/aromatic N) is 2. The predicted molar refractivity (Wildman–Crippen MR) is 104 cm³/mol. The van der Waals surface area contributed by atoms with Gasteiger partial charge in [-0.15, -0.1) is 0 Å². The Morgan fingerprint density at radius 3 is 2.27 bits per heavy atom. The van der Waals surface area contributed by atoms with E-state index in [4.69, 9.17) is 4.84 Å². The van der Waals surface area contributed by atoms with E-state index in [1.54, 1.807) is 5.06 Å². The number of hydrogen-bond acceptors (Lipinski definition) is 4. The molecule has 0 spiro atoms. The third-order valence-corrected chi connectivity index (χ3v) is 4.16. The summed E-state index contributed by atoms with van der Waals surface area (Å²) in [6.07, 6.45) is 0.182. The molecule has 1 heterocycles. The minimum atomic E-state index is -0.888. The van der Waals surface area contributed by atoms with E-state index in [1.165, 1.54) is 5.56 Å². The molecule has 0 aromatic heterocycles. The van der Waals surface area contributed by atoms with Gasteiger partial charge in [0.1, 0.15) is 0 Å². The number of benzene rings is 2. The minimum absolute atomic E-state index is 0.0691. The number of nitrogens with one attached hydrogen (secondary N) is 1. The van der Waals surface area contributed by atoms with E-state index in [-0.39, 0.29) is 18.4 Å². The lowest BCUT2D eigenvalue weighted by Gasteiger charge is -2.22. The van der Waals surface area contributed by atoms with Crippen LogP contribution in [0.1, 0.15) is 32.8 Å². The van der Waals surface area contributed by atoms with Gasteiger partial charge in [-0.2, -0.15) is 0 Å². The molecule has 1 aliphatic rings. The molecule has 1 atom stereocenters. The second-order valence-corrected chi connectivity index (χ2v) is 7.04. The SMILES string of the molecule is CC(C)NC(=O)CC1(C)N=C(c2ccc(-c3ccccc3)cc2)N(C)O1. The maximum Gasteiger partial charge on any atom is 0.225 e. The van der Waals surface area contributed by atoms with Gasteiger partial charge in [0.25, 0.3) is 0 Å². The largest absolute Gasteiger partial charge is 0.354 e. The quantitative estimate of drug-likeness (QED) is 0.895. The first kappa shape index (κ1) is 18.1. The molecular formula is C21H25N3O2. The normalized spacial score (nSPS) is 19.6. The predicted octanol–water partition coefficient (Wildman–Crippen LogP) is 3.61. The van der Waals surface area contributed by atoms with Crippen LogP contribution in [0.25, 0.3) is 11.1 Å². The van der Waals surface area contributed by atoms with Crippen LogP contribution in [0, 0.1) is 0 Å². The molecule has 0 saturated heterocycles. The van der Waals surface area contributed by atoms with Crippen molar-refractivity contribution in [1.29, 1.82) is 0 Å². The maximum absolute atomic E-state index is 12.1. The Balaban J connectivity index is 1.79. The number of rotatable bonds is 5. The lowest BCUT2D eigenvalue weighted by atomic mass is 10.0. The molecule has 5 nitrogen and oxygen atoms in total. The second-order valence-electron chi connectivity index (χ2n) is 7.04. The Hall–Kier alpha value is -2.66. The van der Waals surface area contributed by atoms with Gasteiger partial charge in [0, 0.05) is 18.7 Å².